The van der Waals surface area contributed by atoms with Gasteiger partial charge in [-0.05, 0) is 32.9 Å². The highest BCUT2D eigenvalue weighted by Gasteiger charge is 2.15. The van der Waals surface area contributed by atoms with E-state index in [0.717, 1.165) is 0 Å². The summed E-state index contributed by atoms with van der Waals surface area (Å²) >= 11 is 0. The quantitative estimate of drug-likeness (QED) is 0.711. The molecule has 0 bridgehead atoms. The second-order valence-electron chi connectivity index (χ2n) is 3.83. The molecule has 0 saturated heterocycles. The molecule has 0 radical (unpaired) electrons. The minimum Gasteiger partial charge on any atom is -0.346 e. The molecular formula is C10H14N2O. The van der Waals surface area contributed by atoms with Gasteiger partial charge in [-0.25, -0.2) is 0 Å². The molecule has 0 spiro atoms. The van der Waals surface area contributed by atoms with Crippen molar-refractivity contribution in [1.82, 2.24) is 10.3 Å². The van der Waals surface area contributed by atoms with Crippen molar-refractivity contribution in [2.75, 3.05) is 0 Å². The van der Waals surface area contributed by atoms with Crippen LogP contribution in [0.15, 0.2) is 24.4 Å². The molecule has 0 aromatic carbocycles. The van der Waals surface area contributed by atoms with Crippen molar-refractivity contribution >= 4 is 5.91 Å². The van der Waals surface area contributed by atoms with Crippen LogP contribution >= 0.6 is 0 Å². The molecule has 0 aliphatic rings. The number of nitrogens with one attached hydrogen (secondary N) is 1. The first kappa shape index (κ1) is 8.23. The predicted octanol–water partition coefficient (Wildman–Crippen LogP) is 1.61. The van der Waals surface area contributed by atoms with Gasteiger partial charge in [0.2, 0.25) is 0 Å². The van der Waals surface area contributed by atoms with E-state index in [4.69, 9.17) is 1.37 Å². The van der Waals surface area contributed by atoms with Crippen LogP contribution in [0, 0.1) is 0 Å². The lowest BCUT2D eigenvalue weighted by Crippen LogP contribution is -2.40. The molecule has 0 atom stereocenters. The Bertz CT molecular complexity index is 344. The average molecular weight is 179 g/mol. The summed E-state index contributed by atoms with van der Waals surface area (Å²) in [5.41, 5.74) is -0.136. The Kier molecular flexibility index (Phi) is 2.25. The molecule has 0 aliphatic heterocycles. The normalized spacial score (nSPS) is 12.1. The number of pyridine rings is 1. The van der Waals surface area contributed by atoms with E-state index >= 15 is 0 Å². The third-order valence-corrected chi connectivity index (χ3v) is 1.31. The van der Waals surface area contributed by atoms with Crippen molar-refractivity contribution in [3.05, 3.63) is 30.1 Å². The molecule has 0 saturated carbocycles. The van der Waals surface area contributed by atoms with Crippen LogP contribution in [0.2, 0.25) is 0 Å². The van der Waals surface area contributed by atoms with E-state index in [2.05, 4.69) is 10.3 Å². The molecule has 70 valence electrons. The Balaban J connectivity index is 2.86. The summed E-state index contributed by atoms with van der Waals surface area (Å²) in [6.45, 7) is 5.66. The second-order valence-corrected chi connectivity index (χ2v) is 3.83. The lowest BCUT2D eigenvalue weighted by molar-refractivity contribution is 0.0914. The van der Waals surface area contributed by atoms with Gasteiger partial charge in [0.15, 0.2) is 0 Å². The predicted molar refractivity (Wildman–Crippen MR) is 51.5 cm³/mol. The number of hydrogen-bond donors (Lipinski definition) is 1. The Hall–Kier alpha value is -1.38. The molecule has 3 nitrogen and oxygen atoms in total. The van der Waals surface area contributed by atoms with E-state index in [1.54, 1.807) is 12.1 Å². The first-order chi connectivity index (χ1) is 6.40. The van der Waals surface area contributed by atoms with Crippen LogP contribution in [0.1, 0.15) is 32.6 Å². The molecule has 1 rings (SSSR count). The highest BCUT2D eigenvalue weighted by molar-refractivity contribution is 5.92. The molecule has 0 unspecified atom stereocenters. The van der Waals surface area contributed by atoms with E-state index in [-0.39, 0.29) is 23.2 Å². The first-order valence-corrected chi connectivity index (χ1v) is 4.14. The van der Waals surface area contributed by atoms with Gasteiger partial charge in [0.25, 0.3) is 5.91 Å². The summed E-state index contributed by atoms with van der Waals surface area (Å²) in [4.78, 5) is 15.5. The summed E-state index contributed by atoms with van der Waals surface area (Å²) < 4.78 is 7.49. The molecule has 0 fully saturated rings. The van der Waals surface area contributed by atoms with Crippen LogP contribution in [-0.2, 0) is 0 Å². The zero-order valence-electron chi connectivity index (χ0n) is 9.09. The van der Waals surface area contributed by atoms with E-state index in [9.17, 15) is 4.79 Å². The van der Waals surface area contributed by atoms with Gasteiger partial charge >= 0.3 is 0 Å². The van der Waals surface area contributed by atoms with Gasteiger partial charge in [0.1, 0.15) is 5.69 Å². The molecular weight excluding hydrogens is 164 g/mol. The molecule has 1 aromatic rings. The molecule has 0 aliphatic carbocycles. The fraction of sp³-hybridized carbons (Fsp3) is 0.400. The third-order valence-electron chi connectivity index (χ3n) is 1.31. The van der Waals surface area contributed by atoms with Crippen LogP contribution < -0.4 is 5.32 Å². The van der Waals surface area contributed by atoms with Gasteiger partial charge in [-0.1, -0.05) is 6.07 Å². The molecule has 1 aromatic heterocycles. The Labute approximate surface area is 79.6 Å². The van der Waals surface area contributed by atoms with Crippen LogP contribution in [0.3, 0.4) is 0 Å². The maximum Gasteiger partial charge on any atom is 0.270 e. The van der Waals surface area contributed by atoms with Crippen molar-refractivity contribution in [1.29, 1.82) is 0 Å². The number of aromatic nitrogens is 1. The Morgan fingerprint density at radius 2 is 2.23 bits per heavy atom. The van der Waals surface area contributed by atoms with Crippen molar-refractivity contribution < 1.29 is 6.17 Å². The fourth-order valence-electron chi connectivity index (χ4n) is 0.849. The largest absolute Gasteiger partial charge is 0.346 e. The zero-order valence-corrected chi connectivity index (χ0v) is 8.09. The van der Waals surface area contributed by atoms with Gasteiger partial charge in [-0.2, -0.15) is 0 Å². The Morgan fingerprint density at radius 1 is 1.54 bits per heavy atom. The number of amides is 1. The highest BCUT2D eigenvalue weighted by atomic mass is 16.2. The van der Waals surface area contributed by atoms with Crippen molar-refractivity contribution in [2.24, 2.45) is 0 Å². The summed E-state index contributed by atoms with van der Waals surface area (Å²) in [6.07, 6.45) is 1.51. The van der Waals surface area contributed by atoms with Gasteiger partial charge in [-0.15, -0.1) is 0 Å². The monoisotopic (exact) mass is 179 g/mol. The van der Waals surface area contributed by atoms with Gasteiger partial charge in [0, 0.05) is 11.7 Å². The lowest BCUT2D eigenvalue weighted by Gasteiger charge is -2.19. The van der Waals surface area contributed by atoms with Gasteiger partial charge in [0.05, 0.1) is 1.37 Å². The van der Waals surface area contributed by atoms with Crippen molar-refractivity contribution in [2.45, 2.75) is 26.3 Å². The smallest absolute Gasteiger partial charge is 0.270 e. The number of carbonyl (C=O) groups is 1. The fourth-order valence-corrected chi connectivity index (χ4v) is 0.849. The number of nitrogens with zero attached hydrogens (tertiary/aromatic N) is 1. The summed E-state index contributed by atoms with van der Waals surface area (Å²) in [6, 6.07) is 3.33. The maximum atomic E-state index is 11.6. The number of carbonyl (C=O) groups excluding carboxylic acids is 1. The highest BCUT2D eigenvalue weighted by Crippen LogP contribution is 2.01. The average Bonchev–Trinajstić information content (AvgIpc) is 2.01. The van der Waals surface area contributed by atoms with Crippen molar-refractivity contribution in [3.63, 3.8) is 0 Å². The minimum absolute atomic E-state index is 0.147. The lowest BCUT2D eigenvalue weighted by atomic mass is 10.1. The molecule has 1 heterocycles. The van der Waals surface area contributed by atoms with Crippen LogP contribution in [0.4, 0.5) is 0 Å². The Morgan fingerprint density at radius 3 is 2.77 bits per heavy atom. The maximum absolute atomic E-state index is 11.6. The third kappa shape index (κ3) is 3.23. The van der Waals surface area contributed by atoms with Gasteiger partial charge < -0.3 is 5.32 Å². The van der Waals surface area contributed by atoms with Crippen LogP contribution in [-0.4, -0.2) is 16.4 Å². The van der Waals surface area contributed by atoms with E-state index in [0.29, 0.717) is 0 Å². The molecule has 3 heteroatoms. The topological polar surface area (TPSA) is 42.0 Å². The van der Waals surface area contributed by atoms with Gasteiger partial charge in [-0.3, -0.25) is 9.78 Å². The number of hydrogen-bond acceptors (Lipinski definition) is 2. The van der Waals surface area contributed by atoms with E-state index in [1.807, 2.05) is 20.8 Å². The summed E-state index contributed by atoms with van der Waals surface area (Å²) in [7, 11) is 0. The molecule has 1 N–H and O–H groups in total. The van der Waals surface area contributed by atoms with Crippen LogP contribution in [0.5, 0.6) is 0 Å². The zero-order chi connectivity index (χ0) is 10.8. The summed E-state index contributed by atoms with van der Waals surface area (Å²) in [5, 5.41) is 2.75. The van der Waals surface area contributed by atoms with Crippen LogP contribution in [0.25, 0.3) is 0 Å². The van der Waals surface area contributed by atoms with Crippen molar-refractivity contribution in [3.8, 4) is 0 Å². The molecule has 1 amide bonds. The molecule has 13 heavy (non-hydrogen) atoms. The summed E-state index contributed by atoms with van der Waals surface area (Å²) in [5.74, 6) is -0.303. The number of rotatable bonds is 1. The first-order valence-electron chi connectivity index (χ1n) is 4.64. The second kappa shape index (κ2) is 3.56. The minimum atomic E-state index is -0.305. The standard InChI is InChI=1S/C10H14N2O/c1-10(2,3)12-9(13)8-6-4-5-7-11-8/h4-7H,1-3H3,(H,12,13)/i6D. The van der Waals surface area contributed by atoms with E-state index < -0.39 is 0 Å². The SMILES string of the molecule is [2H]c1cccnc1C(=O)NC(C)(C)C. The van der Waals surface area contributed by atoms with E-state index in [1.165, 1.54) is 6.20 Å².